The van der Waals surface area contributed by atoms with Crippen LogP contribution in [-0.4, -0.2) is 84.6 Å². The molecule has 62 heavy (non-hydrogen) atoms. The first kappa shape index (κ1) is 51.2. The Hall–Kier alpha value is -5.15. The Kier molecular flexibility index (Phi) is 16.4. The Morgan fingerprint density at radius 2 is 1.40 bits per heavy atom. The van der Waals surface area contributed by atoms with Gasteiger partial charge in [-0.1, -0.05) is 44.2 Å². The molecular formula is C41H56F3N5O11SSi. The van der Waals surface area contributed by atoms with E-state index >= 15 is 0 Å². The summed E-state index contributed by atoms with van der Waals surface area (Å²) in [6, 6.07) is 6.66. The third-order valence-electron chi connectivity index (χ3n) is 9.33. The first-order valence-electron chi connectivity index (χ1n) is 19.7. The predicted molar refractivity (Wildman–Crippen MR) is 227 cm³/mol. The van der Waals surface area contributed by atoms with E-state index in [1.807, 2.05) is 33.9 Å². The van der Waals surface area contributed by atoms with Gasteiger partial charge in [0.2, 0.25) is 5.13 Å². The third kappa shape index (κ3) is 13.9. The van der Waals surface area contributed by atoms with Crippen LogP contribution in [0.25, 0.3) is 10.6 Å². The number of anilines is 1. The fourth-order valence-electron chi connectivity index (χ4n) is 5.49. The van der Waals surface area contributed by atoms with Crippen LogP contribution in [0, 0.1) is 10.1 Å². The van der Waals surface area contributed by atoms with E-state index in [2.05, 4.69) is 15.5 Å². The average Bonchev–Trinajstić information content (AvgIpc) is 3.60. The van der Waals surface area contributed by atoms with Crippen LogP contribution < -0.4 is 10.2 Å². The fraction of sp³-hybridized carbons (Fsp3) is 0.561. The van der Waals surface area contributed by atoms with Gasteiger partial charge < -0.3 is 28.7 Å². The van der Waals surface area contributed by atoms with Crippen LogP contribution in [0.1, 0.15) is 105 Å². The molecule has 2 atom stereocenters. The summed E-state index contributed by atoms with van der Waals surface area (Å²) in [5.74, 6) is -3.98. The highest BCUT2D eigenvalue weighted by Crippen LogP contribution is 2.42. The minimum absolute atomic E-state index is 0.0737. The zero-order valence-corrected chi connectivity index (χ0v) is 39.0. The van der Waals surface area contributed by atoms with Crippen molar-refractivity contribution in [3.05, 3.63) is 69.3 Å². The van der Waals surface area contributed by atoms with E-state index in [0.717, 1.165) is 34.4 Å². The van der Waals surface area contributed by atoms with Gasteiger partial charge in [-0.15, -0.1) is 10.2 Å². The zero-order valence-electron chi connectivity index (χ0n) is 37.2. The van der Waals surface area contributed by atoms with E-state index in [9.17, 15) is 42.5 Å². The Balaban J connectivity index is 2.31. The highest BCUT2D eigenvalue weighted by Gasteiger charge is 2.44. The summed E-state index contributed by atoms with van der Waals surface area (Å²) in [7, 11) is -2.84. The number of nitro groups is 1. The number of hydrogen-bond acceptors (Lipinski definition) is 14. The number of nitrogens with zero attached hydrogens (tertiary/aromatic N) is 4. The van der Waals surface area contributed by atoms with Gasteiger partial charge in [-0.05, 0) is 103 Å². The van der Waals surface area contributed by atoms with Crippen LogP contribution in [0.5, 0.6) is 0 Å². The summed E-state index contributed by atoms with van der Waals surface area (Å²) >= 11 is 0.820. The molecule has 0 spiro atoms. The molecule has 0 bridgehead atoms. The minimum atomic E-state index is -4.64. The molecular weight excluding hydrogens is 856 g/mol. The molecule has 3 rings (SSSR count). The van der Waals surface area contributed by atoms with Gasteiger partial charge in [-0.3, -0.25) is 19.7 Å². The molecule has 0 radical (unpaired) electrons. The minimum Gasteiger partial charge on any atom is -0.465 e. The molecule has 21 heteroatoms. The molecule has 2 aromatic carbocycles. The van der Waals surface area contributed by atoms with Crippen molar-refractivity contribution in [2.24, 2.45) is 0 Å². The number of amides is 2. The molecule has 0 unspecified atom stereocenters. The highest BCUT2D eigenvalue weighted by atomic mass is 32.1. The van der Waals surface area contributed by atoms with Crippen molar-refractivity contribution in [2.75, 3.05) is 24.7 Å². The Morgan fingerprint density at radius 1 is 0.855 bits per heavy atom. The number of halogens is 3. The molecule has 342 valence electrons. The molecule has 3 aromatic rings. The van der Waals surface area contributed by atoms with E-state index < -0.39 is 95.6 Å². The van der Waals surface area contributed by atoms with Crippen molar-refractivity contribution in [3.63, 3.8) is 0 Å². The summed E-state index contributed by atoms with van der Waals surface area (Å²) < 4.78 is 69.7. The lowest BCUT2D eigenvalue weighted by atomic mass is 9.95. The number of ether oxygens (including phenoxy) is 4. The largest absolute Gasteiger partial charge is 0.465 e. The topological polar surface area (TPSA) is 199 Å². The van der Waals surface area contributed by atoms with Crippen LogP contribution in [0.15, 0.2) is 42.5 Å². The Morgan fingerprint density at radius 3 is 1.87 bits per heavy atom. The van der Waals surface area contributed by atoms with Gasteiger partial charge in [-0.25, -0.2) is 14.5 Å². The van der Waals surface area contributed by atoms with E-state index in [0.29, 0.717) is 0 Å². The number of nitrogens with one attached hydrogen (secondary N) is 1. The molecule has 16 nitrogen and oxygen atoms in total. The number of carbonyl (C=O) groups is 4. The maximum absolute atomic E-state index is 14.2. The summed E-state index contributed by atoms with van der Waals surface area (Å²) in [6.07, 6.45) is -7.70. The van der Waals surface area contributed by atoms with Crippen LogP contribution in [0.2, 0.25) is 18.1 Å². The molecule has 1 aromatic heterocycles. The number of benzene rings is 2. The fourth-order valence-corrected chi connectivity index (χ4v) is 7.62. The van der Waals surface area contributed by atoms with Gasteiger partial charge in [0, 0.05) is 11.6 Å². The number of hydrogen-bond donors (Lipinski definition) is 1. The molecule has 0 aliphatic rings. The molecule has 0 fully saturated rings. The van der Waals surface area contributed by atoms with Gasteiger partial charge >= 0.3 is 30.3 Å². The maximum atomic E-state index is 14.2. The lowest BCUT2D eigenvalue weighted by Gasteiger charge is -2.42. The van der Waals surface area contributed by atoms with Crippen molar-refractivity contribution in [2.45, 2.75) is 130 Å². The molecule has 0 aliphatic carbocycles. The quantitative estimate of drug-likeness (QED) is 0.0378. The van der Waals surface area contributed by atoms with Gasteiger partial charge in [-0.2, -0.15) is 13.2 Å². The van der Waals surface area contributed by atoms with Gasteiger partial charge in [0.15, 0.2) is 14.2 Å². The molecule has 0 saturated carbocycles. The van der Waals surface area contributed by atoms with Crippen LogP contribution in [-0.2, 0) is 39.1 Å². The second-order valence-corrected chi connectivity index (χ2v) is 23.3. The lowest BCUT2D eigenvalue weighted by molar-refractivity contribution is -0.385. The summed E-state index contributed by atoms with van der Waals surface area (Å²) in [6.45, 7) is 21.8. The zero-order chi connectivity index (χ0) is 47.2. The standard InChI is InChI=1S/C41H56F3N5O11SSi/c1-14-56-33(50)30(34(51)57-15-2)27-22-25(18-21-29(27)49(54)55)32-46-47-35(61-32)48(37(53)59-39(6,7)8)23-28(45-36(52)58-38(3,4)5)31(60-62(12,13)40(9,10)11)24-16-19-26(20-17-24)41(42,43)44/h16-22,28,30-31H,14-15,23H2,1-13H3,(H,45,52)/t28-,31+/m1/s1. The van der Waals surface area contributed by atoms with Gasteiger partial charge in [0.05, 0.1) is 48.0 Å². The van der Waals surface area contributed by atoms with E-state index in [4.69, 9.17) is 23.4 Å². The van der Waals surface area contributed by atoms with Crippen molar-refractivity contribution in [1.82, 2.24) is 15.5 Å². The van der Waals surface area contributed by atoms with E-state index in [1.165, 1.54) is 38.1 Å². The number of alkyl carbamates (subject to hydrolysis) is 1. The first-order chi connectivity index (χ1) is 28.4. The monoisotopic (exact) mass is 911 g/mol. The highest BCUT2D eigenvalue weighted by molar-refractivity contribution is 7.18. The summed E-state index contributed by atoms with van der Waals surface area (Å²) in [5.41, 5.74) is -3.47. The second kappa shape index (κ2) is 19.9. The smallest absolute Gasteiger partial charge is 0.416 e. The third-order valence-corrected chi connectivity index (χ3v) is 14.8. The van der Waals surface area contributed by atoms with Crippen molar-refractivity contribution in [1.29, 1.82) is 0 Å². The van der Waals surface area contributed by atoms with Crippen molar-refractivity contribution in [3.8, 4) is 10.6 Å². The summed E-state index contributed by atoms with van der Waals surface area (Å²) in [4.78, 5) is 66.4. The maximum Gasteiger partial charge on any atom is 0.416 e. The molecule has 2 amide bonds. The van der Waals surface area contributed by atoms with Crippen molar-refractivity contribution < 1.29 is 60.6 Å². The molecule has 1 heterocycles. The number of aromatic nitrogens is 2. The number of alkyl halides is 3. The Labute approximate surface area is 364 Å². The van der Waals surface area contributed by atoms with Crippen LogP contribution >= 0.6 is 11.3 Å². The predicted octanol–water partition coefficient (Wildman–Crippen LogP) is 9.74. The number of esters is 2. The second-order valence-electron chi connectivity index (χ2n) is 17.6. The van der Waals surface area contributed by atoms with Crippen LogP contribution in [0.3, 0.4) is 0 Å². The average molecular weight is 912 g/mol. The Bertz CT molecular complexity index is 2060. The van der Waals surface area contributed by atoms with E-state index in [-0.39, 0.29) is 40.0 Å². The summed E-state index contributed by atoms with van der Waals surface area (Å²) in [5, 5.41) is 23.0. The number of nitro benzene ring substituents is 1. The first-order valence-corrected chi connectivity index (χ1v) is 23.4. The number of rotatable bonds is 15. The molecule has 0 aliphatic heterocycles. The van der Waals surface area contributed by atoms with Crippen molar-refractivity contribution >= 4 is 54.6 Å². The normalized spacial score (nSPS) is 13.5. The van der Waals surface area contributed by atoms with Gasteiger partial charge in [0.1, 0.15) is 16.2 Å². The molecule has 0 saturated heterocycles. The lowest BCUT2D eigenvalue weighted by Crippen LogP contribution is -2.54. The van der Waals surface area contributed by atoms with Crippen LogP contribution in [0.4, 0.5) is 33.6 Å². The van der Waals surface area contributed by atoms with Gasteiger partial charge in [0.25, 0.3) is 5.69 Å². The SMILES string of the molecule is CCOC(=O)C(C(=O)OCC)c1cc(-c2nnc(N(C[C@@H](NC(=O)OC(C)(C)C)[C@@H](O[Si](C)(C)C(C)(C)C)c3ccc(C(F)(F)F)cc3)C(=O)OC(C)(C)C)s2)ccc1[N+](=O)[O-]. The number of carbonyl (C=O) groups excluding carboxylic acids is 4. The molecule has 1 N–H and O–H groups in total. The van der Waals surface area contributed by atoms with E-state index in [1.54, 1.807) is 41.5 Å².